The second-order valence-corrected chi connectivity index (χ2v) is 10.3. The topological polar surface area (TPSA) is 154 Å². The Morgan fingerprint density at radius 2 is 1.72 bits per heavy atom. The lowest BCUT2D eigenvalue weighted by atomic mass is 10.0. The van der Waals surface area contributed by atoms with Gasteiger partial charge in [0.25, 0.3) is 0 Å². The summed E-state index contributed by atoms with van der Waals surface area (Å²) in [6.07, 6.45) is 3.33. The van der Waals surface area contributed by atoms with E-state index in [0.29, 0.717) is 45.2 Å². The summed E-state index contributed by atoms with van der Waals surface area (Å²) >= 11 is 0. The van der Waals surface area contributed by atoms with E-state index in [-0.39, 0.29) is 30.4 Å². The minimum absolute atomic E-state index is 0.119. The number of benzene rings is 2. The highest BCUT2D eigenvalue weighted by Crippen LogP contribution is 2.20. The Bertz CT molecular complexity index is 1160. The van der Waals surface area contributed by atoms with Crippen LogP contribution in [0, 0.1) is 0 Å². The van der Waals surface area contributed by atoms with E-state index >= 15 is 0 Å². The fourth-order valence-electron chi connectivity index (χ4n) is 5.15. The SMILES string of the molecule is N[C@@H](Cc1ccc(O)cc1)C(=O)N[C@@H]1CCCCNC(=O)[C@@H]2CCCN2C(=O)[C@H](Cc2ccccc2)NC1=O. The molecule has 0 aromatic heterocycles. The minimum atomic E-state index is -0.904. The van der Waals surface area contributed by atoms with Crippen molar-refractivity contribution in [3.8, 4) is 5.75 Å². The number of nitrogens with two attached hydrogens (primary N) is 1. The van der Waals surface area contributed by atoms with E-state index in [1.165, 1.54) is 12.1 Å². The zero-order valence-electron chi connectivity index (χ0n) is 22.0. The molecule has 2 aromatic carbocycles. The van der Waals surface area contributed by atoms with Crippen LogP contribution >= 0.6 is 0 Å². The number of rotatable bonds is 6. The molecular formula is C29H37N5O5. The number of hydrogen-bond donors (Lipinski definition) is 5. The van der Waals surface area contributed by atoms with E-state index in [1.54, 1.807) is 17.0 Å². The number of carbonyl (C=O) groups excluding carboxylic acids is 4. The van der Waals surface area contributed by atoms with Gasteiger partial charge in [0.15, 0.2) is 0 Å². The van der Waals surface area contributed by atoms with Crippen molar-refractivity contribution in [2.24, 2.45) is 5.73 Å². The van der Waals surface area contributed by atoms with Gasteiger partial charge in [-0.2, -0.15) is 0 Å². The van der Waals surface area contributed by atoms with E-state index in [0.717, 1.165) is 11.1 Å². The first-order valence-electron chi connectivity index (χ1n) is 13.6. The summed E-state index contributed by atoms with van der Waals surface area (Å²) in [5.74, 6) is -1.29. The molecule has 0 spiro atoms. The fourth-order valence-corrected chi connectivity index (χ4v) is 5.15. The summed E-state index contributed by atoms with van der Waals surface area (Å²) in [7, 11) is 0. The number of fused-ring (bicyclic) bond motifs is 1. The maximum Gasteiger partial charge on any atom is 0.246 e. The molecule has 39 heavy (non-hydrogen) atoms. The Balaban J connectivity index is 1.52. The van der Waals surface area contributed by atoms with Gasteiger partial charge in [-0.1, -0.05) is 42.5 Å². The molecule has 2 fully saturated rings. The molecule has 6 N–H and O–H groups in total. The van der Waals surface area contributed by atoms with E-state index in [9.17, 15) is 24.3 Å². The number of amides is 4. The van der Waals surface area contributed by atoms with Gasteiger partial charge in [0.05, 0.1) is 6.04 Å². The number of nitrogens with zero attached hydrogens (tertiary/aromatic N) is 1. The van der Waals surface area contributed by atoms with Crippen molar-refractivity contribution in [2.75, 3.05) is 13.1 Å². The molecule has 208 valence electrons. The summed E-state index contributed by atoms with van der Waals surface area (Å²) in [6.45, 7) is 0.873. The molecule has 4 atom stereocenters. The van der Waals surface area contributed by atoms with Crippen LogP contribution in [0.2, 0.25) is 0 Å². The van der Waals surface area contributed by atoms with Gasteiger partial charge in [-0.25, -0.2) is 0 Å². The van der Waals surface area contributed by atoms with Crippen LogP contribution in [0.1, 0.15) is 43.2 Å². The van der Waals surface area contributed by atoms with Crippen LogP contribution in [0.25, 0.3) is 0 Å². The summed E-state index contributed by atoms with van der Waals surface area (Å²) in [5.41, 5.74) is 7.80. The fraction of sp³-hybridized carbons (Fsp3) is 0.448. The zero-order valence-corrected chi connectivity index (χ0v) is 22.0. The molecule has 2 aliphatic rings. The number of phenolic OH excluding ortho intramolecular Hbond substituents is 1. The molecule has 0 saturated carbocycles. The second-order valence-electron chi connectivity index (χ2n) is 10.3. The predicted molar refractivity (Wildman–Crippen MR) is 145 cm³/mol. The molecule has 0 aliphatic carbocycles. The van der Waals surface area contributed by atoms with Crippen molar-refractivity contribution >= 4 is 23.6 Å². The third-order valence-electron chi connectivity index (χ3n) is 7.32. The first-order chi connectivity index (χ1) is 18.8. The summed E-state index contributed by atoms with van der Waals surface area (Å²) in [6, 6.07) is 12.6. The van der Waals surface area contributed by atoms with E-state index in [2.05, 4.69) is 16.0 Å². The van der Waals surface area contributed by atoms with Crippen molar-refractivity contribution in [3.05, 3.63) is 65.7 Å². The van der Waals surface area contributed by atoms with Crippen molar-refractivity contribution in [3.63, 3.8) is 0 Å². The molecule has 10 nitrogen and oxygen atoms in total. The van der Waals surface area contributed by atoms with Gasteiger partial charge in [0.2, 0.25) is 23.6 Å². The Hall–Kier alpha value is -3.92. The van der Waals surface area contributed by atoms with Crippen molar-refractivity contribution in [1.82, 2.24) is 20.9 Å². The summed E-state index contributed by atoms with van der Waals surface area (Å²) in [4.78, 5) is 54.6. The number of hydrogen-bond acceptors (Lipinski definition) is 6. The van der Waals surface area contributed by atoms with Crippen LogP contribution in [-0.4, -0.2) is 70.9 Å². The van der Waals surface area contributed by atoms with Gasteiger partial charge >= 0.3 is 0 Å². The van der Waals surface area contributed by atoms with Crippen LogP contribution in [0.3, 0.4) is 0 Å². The predicted octanol–water partition coefficient (Wildman–Crippen LogP) is 0.765. The first kappa shape index (κ1) is 28.1. The van der Waals surface area contributed by atoms with Gasteiger partial charge < -0.3 is 31.7 Å². The third kappa shape index (κ3) is 7.57. The van der Waals surface area contributed by atoms with E-state index < -0.39 is 36.0 Å². The summed E-state index contributed by atoms with van der Waals surface area (Å²) < 4.78 is 0. The van der Waals surface area contributed by atoms with Crippen molar-refractivity contribution < 1.29 is 24.3 Å². The van der Waals surface area contributed by atoms with Gasteiger partial charge in [0, 0.05) is 19.5 Å². The number of carbonyl (C=O) groups is 4. The third-order valence-corrected chi connectivity index (χ3v) is 7.32. The van der Waals surface area contributed by atoms with Gasteiger partial charge in [0.1, 0.15) is 23.9 Å². The maximum atomic E-state index is 13.7. The zero-order chi connectivity index (χ0) is 27.8. The minimum Gasteiger partial charge on any atom is -0.508 e. The van der Waals surface area contributed by atoms with Crippen LogP contribution in [0.5, 0.6) is 5.75 Å². The van der Waals surface area contributed by atoms with Crippen LogP contribution in [0.4, 0.5) is 0 Å². The molecule has 10 heteroatoms. The molecule has 0 unspecified atom stereocenters. The Kier molecular flexibility index (Phi) is 9.54. The van der Waals surface area contributed by atoms with Crippen LogP contribution in [-0.2, 0) is 32.0 Å². The van der Waals surface area contributed by atoms with Gasteiger partial charge in [-0.3, -0.25) is 19.2 Å². The average Bonchev–Trinajstić information content (AvgIpc) is 3.43. The first-order valence-corrected chi connectivity index (χ1v) is 13.6. The Labute approximate surface area is 228 Å². The molecule has 2 aliphatic heterocycles. The van der Waals surface area contributed by atoms with Gasteiger partial charge in [-0.15, -0.1) is 0 Å². The van der Waals surface area contributed by atoms with Crippen LogP contribution < -0.4 is 21.7 Å². The monoisotopic (exact) mass is 535 g/mol. The smallest absolute Gasteiger partial charge is 0.246 e. The Morgan fingerprint density at radius 3 is 2.46 bits per heavy atom. The van der Waals surface area contributed by atoms with E-state index in [1.807, 2.05) is 30.3 Å². The molecule has 4 amide bonds. The largest absolute Gasteiger partial charge is 0.508 e. The van der Waals surface area contributed by atoms with Crippen molar-refractivity contribution in [1.29, 1.82) is 0 Å². The highest BCUT2D eigenvalue weighted by atomic mass is 16.3. The van der Waals surface area contributed by atoms with Crippen molar-refractivity contribution in [2.45, 2.75) is 69.1 Å². The number of aromatic hydroxyl groups is 1. The molecule has 0 radical (unpaired) electrons. The number of phenols is 1. The standard InChI is InChI=1S/C29H37N5O5/c30-22(17-20-11-13-21(35)14-12-20)26(36)32-23-9-4-5-15-31-28(38)25-10-6-16-34(25)29(39)24(33-27(23)37)18-19-7-2-1-3-8-19/h1-3,7-8,11-14,22-25,35H,4-6,9-10,15-18,30H2,(H,31,38)(H,32,36)(H,33,37)/t22-,23+,24-,25-/m0/s1. The molecular weight excluding hydrogens is 498 g/mol. The molecule has 0 bridgehead atoms. The lowest BCUT2D eigenvalue weighted by Crippen LogP contribution is -2.58. The summed E-state index contributed by atoms with van der Waals surface area (Å²) in [5, 5.41) is 18.1. The lowest BCUT2D eigenvalue weighted by Gasteiger charge is -2.29. The normalized spacial score (nSPS) is 23.4. The highest BCUT2D eigenvalue weighted by Gasteiger charge is 2.38. The van der Waals surface area contributed by atoms with Gasteiger partial charge in [-0.05, 0) is 61.8 Å². The van der Waals surface area contributed by atoms with E-state index in [4.69, 9.17) is 5.73 Å². The lowest BCUT2D eigenvalue weighted by molar-refractivity contribution is -0.141. The van der Waals surface area contributed by atoms with Crippen LogP contribution in [0.15, 0.2) is 54.6 Å². The number of nitrogens with one attached hydrogen (secondary N) is 3. The molecule has 2 saturated heterocycles. The Morgan fingerprint density at radius 1 is 0.974 bits per heavy atom. The second kappa shape index (κ2) is 13.2. The highest BCUT2D eigenvalue weighted by molar-refractivity contribution is 5.95. The quantitative estimate of drug-likeness (QED) is 0.368. The maximum absolute atomic E-state index is 13.7. The molecule has 2 aromatic rings. The molecule has 4 rings (SSSR count). The average molecular weight is 536 g/mol. The molecule has 2 heterocycles.